The van der Waals surface area contributed by atoms with Crippen molar-refractivity contribution < 1.29 is 9.53 Å². The first-order valence-electron chi connectivity index (χ1n) is 3.99. The zero-order chi connectivity index (χ0) is 10.1. The van der Waals surface area contributed by atoms with Crippen LogP contribution in [0.5, 0.6) is 0 Å². The molecule has 0 unspecified atom stereocenters. The first kappa shape index (κ1) is 9.08. The van der Waals surface area contributed by atoms with Crippen molar-refractivity contribution in [3.63, 3.8) is 0 Å². The van der Waals surface area contributed by atoms with Gasteiger partial charge in [0.2, 0.25) is 0 Å². The van der Waals surface area contributed by atoms with Crippen molar-refractivity contribution in [3.05, 3.63) is 24.3 Å². The van der Waals surface area contributed by atoms with Crippen molar-refractivity contribution in [2.75, 3.05) is 7.11 Å². The Kier molecular flexibility index (Phi) is 2.17. The third-order valence-corrected chi connectivity index (χ3v) is 2.20. The number of para-hydroxylation sites is 2. The normalized spacial score (nSPS) is 10.4. The summed E-state index contributed by atoms with van der Waals surface area (Å²) in [6.45, 7) is 0. The van der Waals surface area contributed by atoms with Crippen LogP contribution in [0.1, 0.15) is 0 Å². The minimum absolute atomic E-state index is 0.332. The van der Waals surface area contributed by atoms with Crippen LogP contribution in [0.2, 0.25) is 0 Å². The number of hydrogen-bond acceptors (Lipinski definition) is 4. The number of aromatic nitrogens is 2. The predicted molar refractivity (Wildman–Crippen MR) is 54.8 cm³/mol. The molecule has 0 amide bonds. The zero-order valence-corrected chi connectivity index (χ0v) is 8.36. The van der Waals surface area contributed by atoms with Gasteiger partial charge in [-0.2, -0.15) is 0 Å². The van der Waals surface area contributed by atoms with E-state index in [2.05, 4.69) is 22.3 Å². The third kappa shape index (κ3) is 1.26. The SMILES string of the molecule is COC(=O)n1c(S)nc2ccccc21. The number of nitrogens with zero attached hydrogens (tertiary/aromatic N) is 2. The topological polar surface area (TPSA) is 44.1 Å². The number of methoxy groups -OCH3 is 1. The maximum atomic E-state index is 11.4. The van der Waals surface area contributed by atoms with Crippen LogP contribution >= 0.6 is 12.6 Å². The van der Waals surface area contributed by atoms with Crippen molar-refractivity contribution >= 4 is 29.8 Å². The Morgan fingerprint density at radius 2 is 2.21 bits per heavy atom. The lowest BCUT2D eigenvalue weighted by Crippen LogP contribution is -2.11. The number of ether oxygens (including phenoxy) is 1. The van der Waals surface area contributed by atoms with Crippen molar-refractivity contribution in [1.29, 1.82) is 0 Å². The molecule has 14 heavy (non-hydrogen) atoms. The fraction of sp³-hybridized carbons (Fsp3) is 0.111. The Labute approximate surface area is 85.9 Å². The van der Waals surface area contributed by atoms with E-state index in [1.807, 2.05) is 18.2 Å². The summed E-state index contributed by atoms with van der Waals surface area (Å²) in [5.41, 5.74) is 1.42. The van der Waals surface area contributed by atoms with E-state index in [0.717, 1.165) is 5.52 Å². The zero-order valence-electron chi connectivity index (χ0n) is 7.47. The fourth-order valence-electron chi connectivity index (χ4n) is 1.28. The molecule has 0 saturated carbocycles. The molecule has 1 heterocycles. The van der Waals surface area contributed by atoms with Gasteiger partial charge >= 0.3 is 6.09 Å². The van der Waals surface area contributed by atoms with Crippen molar-refractivity contribution in [1.82, 2.24) is 9.55 Å². The van der Waals surface area contributed by atoms with Crippen LogP contribution in [0.3, 0.4) is 0 Å². The number of hydrogen-bond donors (Lipinski definition) is 1. The van der Waals surface area contributed by atoms with Crippen LogP contribution in [-0.2, 0) is 4.74 Å². The summed E-state index contributed by atoms with van der Waals surface area (Å²) in [6, 6.07) is 7.29. The van der Waals surface area contributed by atoms with E-state index in [1.54, 1.807) is 6.07 Å². The van der Waals surface area contributed by atoms with Crippen LogP contribution in [0.4, 0.5) is 4.79 Å². The molecule has 1 aromatic heterocycles. The van der Waals surface area contributed by atoms with Gasteiger partial charge in [-0.15, -0.1) is 12.6 Å². The van der Waals surface area contributed by atoms with Gasteiger partial charge in [-0.3, -0.25) is 0 Å². The standard InChI is InChI=1S/C9H8N2O2S/c1-13-9(12)11-7-5-3-2-4-6(7)10-8(11)14/h2-5H,1H3,(H,10,14). The number of carbonyl (C=O) groups is 1. The number of carbonyl (C=O) groups excluding carboxylic acids is 1. The van der Waals surface area contributed by atoms with Gasteiger partial charge in [0.25, 0.3) is 0 Å². The summed E-state index contributed by atoms with van der Waals surface area (Å²) in [6.07, 6.45) is -0.483. The third-order valence-electron chi connectivity index (χ3n) is 1.90. The molecule has 0 aliphatic carbocycles. The summed E-state index contributed by atoms with van der Waals surface area (Å²) in [7, 11) is 1.32. The molecule has 0 radical (unpaired) electrons. The Balaban J connectivity index is 2.74. The highest BCUT2D eigenvalue weighted by atomic mass is 32.1. The highest BCUT2D eigenvalue weighted by Gasteiger charge is 2.13. The molecule has 0 bridgehead atoms. The molecule has 0 saturated heterocycles. The van der Waals surface area contributed by atoms with E-state index < -0.39 is 6.09 Å². The molecule has 72 valence electrons. The summed E-state index contributed by atoms with van der Waals surface area (Å²) < 4.78 is 5.94. The molecule has 0 atom stereocenters. The van der Waals surface area contributed by atoms with Crippen molar-refractivity contribution in [3.8, 4) is 0 Å². The van der Waals surface area contributed by atoms with Crippen LogP contribution < -0.4 is 0 Å². The second-order valence-corrected chi connectivity index (χ2v) is 3.11. The largest absolute Gasteiger partial charge is 0.452 e. The maximum absolute atomic E-state index is 11.4. The molecule has 0 aliphatic rings. The van der Waals surface area contributed by atoms with Gasteiger partial charge in [-0.1, -0.05) is 12.1 Å². The van der Waals surface area contributed by atoms with Crippen LogP contribution in [0, 0.1) is 0 Å². The van der Waals surface area contributed by atoms with Gasteiger partial charge < -0.3 is 4.74 Å². The van der Waals surface area contributed by atoms with Gasteiger partial charge in [-0.25, -0.2) is 14.3 Å². The monoisotopic (exact) mass is 208 g/mol. The minimum atomic E-state index is -0.483. The Hall–Kier alpha value is -1.49. The van der Waals surface area contributed by atoms with E-state index in [0.29, 0.717) is 10.7 Å². The van der Waals surface area contributed by atoms with Crippen molar-refractivity contribution in [2.24, 2.45) is 0 Å². The minimum Gasteiger partial charge on any atom is -0.452 e. The molecule has 0 aliphatic heterocycles. The van der Waals surface area contributed by atoms with Crippen LogP contribution in [0.25, 0.3) is 11.0 Å². The lowest BCUT2D eigenvalue weighted by atomic mass is 10.3. The Bertz CT molecular complexity index is 493. The molecule has 1 aromatic carbocycles. The smallest absolute Gasteiger partial charge is 0.420 e. The molecule has 0 fully saturated rings. The Morgan fingerprint density at radius 1 is 1.50 bits per heavy atom. The highest BCUT2D eigenvalue weighted by Crippen LogP contribution is 2.18. The molecule has 0 N–H and O–H groups in total. The van der Waals surface area contributed by atoms with E-state index in [-0.39, 0.29) is 0 Å². The summed E-state index contributed by atoms with van der Waals surface area (Å²) in [4.78, 5) is 15.5. The molecule has 0 spiro atoms. The number of fused-ring (bicyclic) bond motifs is 1. The van der Waals surface area contributed by atoms with Gasteiger partial charge in [0, 0.05) is 0 Å². The molecule has 5 heteroatoms. The average Bonchev–Trinajstić information content (AvgIpc) is 2.53. The number of thiol groups is 1. The maximum Gasteiger partial charge on any atom is 0.420 e. The van der Waals surface area contributed by atoms with Gasteiger partial charge in [0.05, 0.1) is 18.1 Å². The van der Waals surface area contributed by atoms with Crippen LogP contribution in [0.15, 0.2) is 29.4 Å². The molecular weight excluding hydrogens is 200 g/mol. The summed E-state index contributed by atoms with van der Waals surface area (Å²) >= 11 is 4.10. The number of rotatable bonds is 0. The number of imidazole rings is 1. The predicted octanol–water partition coefficient (Wildman–Crippen LogP) is 1.94. The quantitative estimate of drug-likeness (QED) is 0.673. The fourth-order valence-corrected chi connectivity index (χ4v) is 1.58. The number of benzene rings is 1. The Morgan fingerprint density at radius 3 is 2.93 bits per heavy atom. The van der Waals surface area contributed by atoms with E-state index in [4.69, 9.17) is 0 Å². The van der Waals surface area contributed by atoms with Gasteiger partial charge in [-0.05, 0) is 12.1 Å². The lowest BCUT2D eigenvalue weighted by Gasteiger charge is -2.01. The van der Waals surface area contributed by atoms with E-state index in [1.165, 1.54) is 11.7 Å². The molecular formula is C9H8N2O2S. The van der Waals surface area contributed by atoms with Gasteiger partial charge in [0.15, 0.2) is 5.16 Å². The van der Waals surface area contributed by atoms with Crippen molar-refractivity contribution in [2.45, 2.75) is 5.16 Å². The van der Waals surface area contributed by atoms with E-state index >= 15 is 0 Å². The van der Waals surface area contributed by atoms with Gasteiger partial charge in [0.1, 0.15) is 0 Å². The molecule has 4 nitrogen and oxygen atoms in total. The molecule has 2 rings (SSSR count). The average molecular weight is 208 g/mol. The van der Waals surface area contributed by atoms with Crippen LogP contribution in [-0.4, -0.2) is 22.8 Å². The second-order valence-electron chi connectivity index (χ2n) is 2.71. The lowest BCUT2D eigenvalue weighted by molar-refractivity contribution is 0.171. The first-order valence-corrected chi connectivity index (χ1v) is 4.43. The highest BCUT2D eigenvalue weighted by molar-refractivity contribution is 7.80. The first-order chi connectivity index (χ1) is 6.74. The summed E-state index contributed by atoms with van der Waals surface area (Å²) in [5, 5.41) is 0.332. The second kappa shape index (κ2) is 3.34. The summed E-state index contributed by atoms with van der Waals surface area (Å²) in [5.74, 6) is 0. The van der Waals surface area contributed by atoms with E-state index in [9.17, 15) is 4.79 Å². The molecule has 2 aromatic rings.